The highest BCUT2D eigenvalue weighted by atomic mass is 16.5. The fraction of sp³-hybridized carbons (Fsp3) is 0.647. The first-order chi connectivity index (χ1) is 9.58. The van der Waals surface area contributed by atoms with Crippen LogP contribution in [-0.4, -0.2) is 18.3 Å². The second-order valence-electron chi connectivity index (χ2n) is 5.39. The third-order valence-corrected chi connectivity index (χ3v) is 3.31. The largest absolute Gasteiger partial charge is 0.494 e. The first kappa shape index (κ1) is 17.0. The summed E-state index contributed by atoms with van der Waals surface area (Å²) in [6.45, 7) is 10.1. The number of hydrogen-bond acceptors (Lipinski definition) is 3. The van der Waals surface area contributed by atoms with Crippen molar-refractivity contribution < 1.29 is 14.6 Å². The number of hydrogen-bond donors (Lipinski definition) is 1. The minimum absolute atomic E-state index is 0.469. The van der Waals surface area contributed by atoms with Gasteiger partial charge in [0.2, 0.25) is 0 Å². The lowest BCUT2D eigenvalue weighted by Crippen LogP contribution is -2.07. The Labute approximate surface area is 122 Å². The summed E-state index contributed by atoms with van der Waals surface area (Å²) < 4.78 is 11.4. The van der Waals surface area contributed by atoms with Gasteiger partial charge in [-0.05, 0) is 43.9 Å². The average molecular weight is 280 g/mol. The van der Waals surface area contributed by atoms with Gasteiger partial charge < -0.3 is 14.6 Å². The van der Waals surface area contributed by atoms with E-state index in [0.29, 0.717) is 19.1 Å². The topological polar surface area (TPSA) is 38.7 Å². The summed E-state index contributed by atoms with van der Waals surface area (Å²) in [4.78, 5) is 0. The van der Waals surface area contributed by atoms with E-state index in [4.69, 9.17) is 9.47 Å². The molecular weight excluding hydrogens is 252 g/mol. The normalized spacial score (nSPS) is 14.1. The van der Waals surface area contributed by atoms with E-state index in [1.54, 1.807) is 6.92 Å². The van der Waals surface area contributed by atoms with Crippen LogP contribution in [-0.2, 0) is 11.3 Å². The van der Waals surface area contributed by atoms with Gasteiger partial charge in [0.1, 0.15) is 5.75 Å². The summed E-state index contributed by atoms with van der Waals surface area (Å²) in [6, 6.07) is 5.79. The molecule has 0 aliphatic heterocycles. The van der Waals surface area contributed by atoms with E-state index < -0.39 is 6.10 Å². The maximum atomic E-state index is 9.67. The van der Waals surface area contributed by atoms with Gasteiger partial charge in [-0.2, -0.15) is 0 Å². The summed E-state index contributed by atoms with van der Waals surface area (Å²) in [6.07, 6.45) is 1.90. The molecule has 0 heterocycles. The second-order valence-corrected chi connectivity index (χ2v) is 5.39. The van der Waals surface area contributed by atoms with Gasteiger partial charge in [-0.1, -0.05) is 26.3 Å². The Bertz CT molecular complexity index is 388. The first-order valence-corrected chi connectivity index (χ1v) is 7.59. The van der Waals surface area contributed by atoms with Crippen LogP contribution in [0.4, 0.5) is 0 Å². The fourth-order valence-electron chi connectivity index (χ4n) is 2.21. The van der Waals surface area contributed by atoms with E-state index in [2.05, 4.69) is 13.8 Å². The number of aliphatic hydroxyl groups excluding tert-OH is 1. The minimum Gasteiger partial charge on any atom is -0.494 e. The number of benzene rings is 1. The molecule has 0 aliphatic carbocycles. The Morgan fingerprint density at radius 2 is 1.95 bits per heavy atom. The lowest BCUT2D eigenvalue weighted by atomic mass is 10.1. The summed E-state index contributed by atoms with van der Waals surface area (Å²) in [5.41, 5.74) is 1.91. The molecule has 0 aromatic heterocycles. The van der Waals surface area contributed by atoms with Gasteiger partial charge in [-0.15, -0.1) is 0 Å². The van der Waals surface area contributed by atoms with Crippen molar-refractivity contribution in [3.63, 3.8) is 0 Å². The van der Waals surface area contributed by atoms with E-state index in [-0.39, 0.29) is 0 Å². The number of aliphatic hydroxyl groups is 1. The van der Waals surface area contributed by atoms with Gasteiger partial charge >= 0.3 is 0 Å². The van der Waals surface area contributed by atoms with Crippen LogP contribution in [0.15, 0.2) is 18.2 Å². The molecule has 3 heteroatoms. The smallest absolute Gasteiger partial charge is 0.124 e. The van der Waals surface area contributed by atoms with E-state index in [1.165, 1.54) is 12.8 Å². The van der Waals surface area contributed by atoms with Crippen molar-refractivity contribution in [3.05, 3.63) is 29.3 Å². The summed E-state index contributed by atoms with van der Waals surface area (Å²) >= 11 is 0. The molecule has 0 amide bonds. The van der Waals surface area contributed by atoms with Crippen LogP contribution in [0.25, 0.3) is 0 Å². The molecule has 0 saturated carbocycles. The lowest BCUT2D eigenvalue weighted by molar-refractivity contribution is 0.0873. The van der Waals surface area contributed by atoms with Gasteiger partial charge in [-0.25, -0.2) is 0 Å². The molecule has 3 nitrogen and oxygen atoms in total. The molecule has 0 saturated heterocycles. The Balaban J connectivity index is 2.67. The molecule has 0 spiro atoms. The number of ether oxygens (including phenoxy) is 2. The van der Waals surface area contributed by atoms with Crippen LogP contribution >= 0.6 is 0 Å². The molecule has 1 rings (SSSR count). The Morgan fingerprint density at radius 1 is 1.20 bits per heavy atom. The van der Waals surface area contributed by atoms with Gasteiger partial charge in [0.15, 0.2) is 0 Å². The third kappa shape index (κ3) is 5.51. The van der Waals surface area contributed by atoms with Crippen molar-refractivity contribution in [1.82, 2.24) is 0 Å². The van der Waals surface area contributed by atoms with Crippen LogP contribution in [0.5, 0.6) is 5.75 Å². The van der Waals surface area contributed by atoms with Crippen LogP contribution in [0.1, 0.15) is 57.8 Å². The second kappa shape index (κ2) is 8.98. The van der Waals surface area contributed by atoms with Crippen LogP contribution in [0.3, 0.4) is 0 Å². The third-order valence-electron chi connectivity index (χ3n) is 3.31. The van der Waals surface area contributed by atoms with Crippen molar-refractivity contribution in [2.45, 2.75) is 53.2 Å². The molecular formula is C17H28O3. The van der Waals surface area contributed by atoms with Crippen LogP contribution < -0.4 is 4.74 Å². The zero-order valence-electron chi connectivity index (χ0n) is 13.2. The van der Waals surface area contributed by atoms with Crippen molar-refractivity contribution in [2.75, 3.05) is 13.2 Å². The van der Waals surface area contributed by atoms with E-state index in [1.807, 2.05) is 25.1 Å². The molecule has 0 radical (unpaired) electrons. The SMILES string of the molecule is CCCC(C)COCc1cc(C(C)O)ccc1OCC. The summed E-state index contributed by atoms with van der Waals surface area (Å²) in [5, 5.41) is 9.67. The standard InChI is InChI=1S/C17H28O3/c1-5-7-13(3)11-19-12-16-10-15(14(4)18)8-9-17(16)20-6-2/h8-10,13-14,18H,5-7,11-12H2,1-4H3. The minimum atomic E-state index is -0.469. The average Bonchev–Trinajstić information content (AvgIpc) is 2.40. The van der Waals surface area contributed by atoms with Crippen LogP contribution in [0.2, 0.25) is 0 Å². The Morgan fingerprint density at radius 3 is 2.55 bits per heavy atom. The molecule has 1 aromatic carbocycles. The lowest BCUT2D eigenvalue weighted by Gasteiger charge is -2.15. The zero-order valence-corrected chi connectivity index (χ0v) is 13.2. The summed E-state index contributed by atoms with van der Waals surface area (Å²) in [5.74, 6) is 1.43. The predicted molar refractivity (Wildman–Crippen MR) is 82.0 cm³/mol. The maximum Gasteiger partial charge on any atom is 0.124 e. The molecule has 114 valence electrons. The molecule has 2 atom stereocenters. The van der Waals surface area contributed by atoms with Crippen molar-refractivity contribution >= 4 is 0 Å². The monoisotopic (exact) mass is 280 g/mol. The molecule has 20 heavy (non-hydrogen) atoms. The molecule has 1 aromatic rings. The molecule has 0 fully saturated rings. The van der Waals surface area contributed by atoms with Gasteiger partial charge in [-0.3, -0.25) is 0 Å². The zero-order chi connectivity index (χ0) is 15.0. The van der Waals surface area contributed by atoms with Gasteiger partial charge in [0.25, 0.3) is 0 Å². The quantitative estimate of drug-likeness (QED) is 0.740. The molecule has 0 bridgehead atoms. The van der Waals surface area contributed by atoms with Crippen molar-refractivity contribution in [1.29, 1.82) is 0 Å². The molecule has 1 N–H and O–H groups in total. The van der Waals surface area contributed by atoms with E-state index in [0.717, 1.165) is 23.5 Å². The van der Waals surface area contributed by atoms with Crippen molar-refractivity contribution in [2.24, 2.45) is 5.92 Å². The Kier molecular flexibility index (Phi) is 7.63. The highest BCUT2D eigenvalue weighted by Crippen LogP contribution is 2.24. The predicted octanol–water partition coefficient (Wildman–Crippen LogP) is 4.09. The maximum absolute atomic E-state index is 9.67. The highest BCUT2D eigenvalue weighted by Gasteiger charge is 2.09. The number of rotatable bonds is 9. The Hall–Kier alpha value is -1.06. The summed E-state index contributed by atoms with van der Waals surface area (Å²) in [7, 11) is 0. The molecule has 2 unspecified atom stereocenters. The van der Waals surface area contributed by atoms with Gasteiger partial charge in [0.05, 0.1) is 19.3 Å². The van der Waals surface area contributed by atoms with E-state index >= 15 is 0 Å². The van der Waals surface area contributed by atoms with Crippen molar-refractivity contribution in [3.8, 4) is 5.75 Å². The highest BCUT2D eigenvalue weighted by molar-refractivity contribution is 5.37. The van der Waals surface area contributed by atoms with E-state index in [9.17, 15) is 5.11 Å². The fourth-order valence-corrected chi connectivity index (χ4v) is 2.21. The van der Waals surface area contributed by atoms with Gasteiger partial charge in [0, 0.05) is 12.2 Å². The van der Waals surface area contributed by atoms with Crippen LogP contribution in [0, 0.1) is 5.92 Å². The first-order valence-electron chi connectivity index (χ1n) is 7.59. The molecule has 0 aliphatic rings.